The molecule has 0 spiro atoms. The maximum atomic E-state index is 6.01. The third-order valence-corrected chi connectivity index (χ3v) is 3.15. The molecular weight excluding hydrogens is 184 g/mol. The van der Waals surface area contributed by atoms with Crippen molar-refractivity contribution in [2.45, 2.75) is 26.8 Å². The number of hydrogen-bond donors (Lipinski definition) is 1. The Labute approximate surface area is 90.7 Å². The van der Waals surface area contributed by atoms with Crippen LogP contribution < -0.4 is 5.73 Å². The van der Waals surface area contributed by atoms with Crippen LogP contribution in [0, 0.1) is 13.8 Å². The minimum Gasteiger partial charge on any atom is -0.346 e. The van der Waals surface area contributed by atoms with Gasteiger partial charge in [-0.1, -0.05) is 18.2 Å². The lowest BCUT2D eigenvalue weighted by Crippen LogP contribution is -2.11. The molecule has 2 N–H and O–H groups in total. The first-order valence-corrected chi connectivity index (χ1v) is 5.34. The van der Waals surface area contributed by atoms with Gasteiger partial charge >= 0.3 is 0 Å². The molecular formula is C13H18N2. The fourth-order valence-corrected chi connectivity index (χ4v) is 2.56. The Bertz CT molecular complexity index is 507. The minimum absolute atomic E-state index is 0.0850. The van der Waals surface area contributed by atoms with Crippen molar-refractivity contribution in [1.82, 2.24) is 4.57 Å². The minimum atomic E-state index is 0.0850. The predicted molar refractivity (Wildman–Crippen MR) is 65.0 cm³/mol. The van der Waals surface area contributed by atoms with E-state index in [1.54, 1.807) is 0 Å². The zero-order valence-electron chi connectivity index (χ0n) is 9.83. The Morgan fingerprint density at radius 1 is 1.27 bits per heavy atom. The van der Waals surface area contributed by atoms with Crippen molar-refractivity contribution >= 4 is 10.9 Å². The first kappa shape index (κ1) is 10.2. The van der Waals surface area contributed by atoms with E-state index in [2.05, 4.69) is 43.7 Å². The lowest BCUT2D eigenvalue weighted by atomic mass is 10.1. The van der Waals surface area contributed by atoms with Gasteiger partial charge in [-0.15, -0.1) is 0 Å². The van der Waals surface area contributed by atoms with E-state index < -0.39 is 0 Å². The van der Waals surface area contributed by atoms with E-state index in [9.17, 15) is 0 Å². The van der Waals surface area contributed by atoms with Crippen molar-refractivity contribution in [3.05, 3.63) is 35.0 Å². The van der Waals surface area contributed by atoms with Gasteiger partial charge in [-0.2, -0.15) is 0 Å². The molecule has 1 aromatic carbocycles. The second-order valence-corrected chi connectivity index (χ2v) is 4.33. The Morgan fingerprint density at radius 2 is 1.93 bits per heavy atom. The van der Waals surface area contributed by atoms with E-state index in [0.717, 1.165) is 0 Å². The van der Waals surface area contributed by atoms with Crippen LogP contribution in [0.15, 0.2) is 18.2 Å². The number of nitrogens with two attached hydrogens (primary N) is 1. The molecule has 2 heteroatoms. The largest absolute Gasteiger partial charge is 0.346 e. The summed E-state index contributed by atoms with van der Waals surface area (Å²) in [4.78, 5) is 0. The number of aromatic nitrogens is 1. The van der Waals surface area contributed by atoms with Crippen LogP contribution in [0.5, 0.6) is 0 Å². The maximum absolute atomic E-state index is 6.01. The number of fused-ring (bicyclic) bond motifs is 1. The Balaban J connectivity index is 2.92. The average Bonchev–Trinajstić information content (AvgIpc) is 2.40. The summed E-state index contributed by atoms with van der Waals surface area (Å²) in [5, 5.41) is 1.32. The highest BCUT2D eigenvalue weighted by Crippen LogP contribution is 2.29. The first-order valence-electron chi connectivity index (χ1n) is 5.34. The molecule has 1 unspecified atom stereocenters. The number of hydrogen-bond acceptors (Lipinski definition) is 1. The van der Waals surface area contributed by atoms with Gasteiger partial charge in [0.05, 0.1) is 5.52 Å². The Hall–Kier alpha value is -1.28. The normalized spacial score (nSPS) is 13.4. The molecule has 0 amide bonds. The van der Waals surface area contributed by atoms with Crippen LogP contribution in [-0.4, -0.2) is 4.57 Å². The molecule has 80 valence electrons. The molecule has 1 heterocycles. The van der Waals surface area contributed by atoms with Gasteiger partial charge in [0.25, 0.3) is 0 Å². The fraction of sp³-hybridized carbons (Fsp3) is 0.385. The predicted octanol–water partition coefficient (Wildman–Crippen LogP) is 2.81. The number of benzene rings is 1. The summed E-state index contributed by atoms with van der Waals surface area (Å²) < 4.78 is 2.23. The van der Waals surface area contributed by atoms with Crippen LogP contribution >= 0.6 is 0 Å². The van der Waals surface area contributed by atoms with Crippen LogP contribution in [0.25, 0.3) is 10.9 Å². The molecule has 0 saturated carbocycles. The van der Waals surface area contributed by atoms with E-state index in [1.807, 2.05) is 6.92 Å². The third-order valence-electron chi connectivity index (χ3n) is 3.15. The summed E-state index contributed by atoms with van der Waals surface area (Å²) in [6, 6.07) is 6.51. The molecule has 1 aromatic heterocycles. The molecule has 0 fully saturated rings. The molecule has 2 aromatic rings. The van der Waals surface area contributed by atoms with Gasteiger partial charge < -0.3 is 10.3 Å². The third kappa shape index (κ3) is 1.37. The van der Waals surface area contributed by atoms with Crippen LogP contribution in [0.1, 0.15) is 29.8 Å². The Kier molecular flexibility index (Phi) is 2.31. The second kappa shape index (κ2) is 3.38. The monoisotopic (exact) mass is 202 g/mol. The highest BCUT2D eigenvalue weighted by molar-refractivity contribution is 5.88. The van der Waals surface area contributed by atoms with E-state index in [-0.39, 0.29) is 6.04 Å². The van der Waals surface area contributed by atoms with Gasteiger partial charge in [-0.25, -0.2) is 0 Å². The van der Waals surface area contributed by atoms with Crippen LogP contribution in [0.3, 0.4) is 0 Å². The van der Waals surface area contributed by atoms with Gasteiger partial charge in [-0.05, 0) is 31.9 Å². The number of para-hydroxylation sites is 1. The second-order valence-electron chi connectivity index (χ2n) is 4.33. The fourth-order valence-electron chi connectivity index (χ4n) is 2.56. The first-order chi connectivity index (χ1) is 7.04. The standard InChI is InChI=1S/C13H18N2/c1-8-6-5-7-11-9(2)13(10(3)14)15(4)12(8)11/h5-7,10H,14H2,1-4H3. The van der Waals surface area contributed by atoms with E-state index in [1.165, 1.54) is 27.7 Å². The van der Waals surface area contributed by atoms with Gasteiger partial charge in [0.15, 0.2) is 0 Å². The molecule has 0 radical (unpaired) electrons. The van der Waals surface area contributed by atoms with Crippen molar-refractivity contribution in [3.8, 4) is 0 Å². The molecule has 0 saturated heterocycles. The highest BCUT2D eigenvalue weighted by Gasteiger charge is 2.15. The lowest BCUT2D eigenvalue weighted by Gasteiger charge is -2.09. The summed E-state index contributed by atoms with van der Waals surface area (Å²) in [6.07, 6.45) is 0. The smallest absolute Gasteiger partial charge is 0.0512 e. The molecule has 0 bridgehead atoms. The number of nitrogens with zero attached hydrogens (tertiary/aromatic N) is 1. The van der Waals surface area contributed by atoms with Crippen molar-refractivity contribution < 1.29 is 0 Å². The van der Waals surface area contributed by atoms with Crippen LogP contribution in [-0.2, 0) is 7.05 Å². The molecule has 1 atom stereocenters. The summed E-state index contributed by atoms with van der Waals surface area (Å²) >= 11 is 0. The molecule has 2 nitrogen and oxygen atoms in total. The molecule has 0 aliphatic rings. The average molecular weight is 202 g/mol. The van der Waals surface area contributed by atoms with Crippen LogP contribution in [0.4, 0.5) is 0 Å². The van der Waals surface area contributed by atoms with Crippen molar-refractivity contribution in [2.75, 3.05) is 0 Å². The number of rotatable bonds is 1. The van der Waals surface area contributed by atoms with Gasteiger partial charge in [-0.3, -0.25) is 0 Å². The summed E-state index contributed by atoms with van der Waals surface area (Å²) in [5.41, 5.74) is 11.2. The zero-order chi connectivity index (χ0) is 11.2. The molecule has 2 rings (SSSR count). The summed E-state index contributed by atoms with van der Waals surface area (Å²) in [7, 11) is 2.10. The lowest BCUT2D eigenvalue weighted by molar-refractivity contribution is 0.719. The summed E-state index contributed by atoms with van der Waals surface area (Å²) in [6.45, 7) is 6.34. The quantitative estimate of drug-likeness (QED) is 0.757. The number of aryl methyl sites for hydroxylation is 3. The van der Waals surface area contributed by atoms with Crippen molar-refractivity contribution in [3.63, 3.8) is 0 Å². The molecule has 15 heavy (non-hydrogen) atoms. The summed E-state index contributed by atoms with van der Waals surface area (Å²) in [5.74, 6) is 0. The molecule has 0 aliphatic carbocycles. The van der Waals surface area contributed by atoms with Gasteiger partial charge in [0.2, 0.25) is 0 Å². The van der Waals surface area contributed by atoms with E-state index in [0.29, 0.717) is 0 Å². The molecule has 0 aliphatic heterocycles. The maximum Gasteiger partial charge on any atom is 0.0512 e. The van der Waals surface area contributed by atoms with Crippen LogP contribution in [0.2, 0.25) is 0 Å². The van der Waals surface area contributed by atoms with E-state index in [4.69, 9.17) is 5.73 Å². The van der Waals surface area contributed by atoms with Gasteiger partial charge in [0, 0.05) is 24.2 Å². The van der Waals surface area contributed by atoms with Gasteiger partial charge in [0.1, 0.15) is 0 Å². The zero-order valence-corrected chi connectivity index (χ0v) is 9.83. The SMILES string of the molecule is Cc1c(C(C)N)n(C)c2c(C)cccc12. The Morgan fingerprint density at radius 3 is 2.47 bits per heavy atom. The highest BCUT2D eigenvalue weighted by atomic mass is 15.0. The topological polar surface area (TPSA) is 30.9 Å². The van der Waals surface area contributed by atoms with Crippen molar-refractivity contribution in [1.29, 1.82) is 0 Å². The van der Waals surface area contributed by atoms with E-state index >= 15 is 0 Å². The van der Waals surface area contributed by atoms with Crippen molar-refractivity contribution in [2.24, 2.45) is 12.8 Å².